The average Bonchev–Trinajstić information content (AvgIpc) is 2.30. The fraction of sp³-hybridized carbons (Fsp3) is 0.333. The second-order valence-corrected chi connectivity index (χ2v) is 4.93. The molecule has 2 amide bonds. The lowest BCUT2D eigenvalue weighted by atomic mass is 10.2. The third kappa shape index (κ3) is 5.38. The summed E-state index contributed by atoms with van der Waals surface area (Å²) in [5.74, 6) is -0.239. The summed E-state index contributed by atoms with van der Waals surface area (Å²) in [6.07, 6.45) is 1.54. The second kappa shape index (κ2) is 6.73. The monoisotopic (exact) mass is 260 g/mol. The van der Waals surface area contributed by atoms with Gasteiger partial charge in [-0.15, -0.1) is 0 Å². The zero-order valence-corrected chi connectivity index (χ0v) is 11.8. The van der Waals surface area contributed by atoms with Gasteiger partial charge in [-0.25, -0.2) is 0 Å². The molecule has 0 radical (unpaired) electrons. The number of hydrogen-bond donors (Lipinski definition) is 2. The van der Waals surface area contributed by atoms with Crippen LogP contribution in [0.25, 0.3) is 0 Å². The van der Waals surface area contributed by atoms with E-state index >= 15 is 0 Å². The van der Waals surface area contributed by atoms with Gasteiger partial charge in [-0.05, 0) is 38.1 Å². The molecule has 0 atom stereocenters. The quantitative estimate of drug-likeness (QED) is 0.817. The molecule has 102 valence electrons. The van der Waals surface area contributed by atoms with Gasteiger partial charge in [-0.2, -0.15) is 0 Å². The topological polar surface area (TPSA) is 58.2 Å². The smallest absolute Gasteiger partial charge is 0.248 e. The van der Waals surface area contributed by atoms with E-state index in [4.69, 9.17) is 0 Å². The fourth-order valence-electron chi connectivity index (χ4n) is 1.36. The van der Waals surface area contributed by atoms with E-state index in [9.17, 15) is 9.59 Å². The van der Waals surface area contributed by atoms with Gasteiger partial charge in [0.25, 0.3) is 0 Å². The van der Waals surface area contributed by atoms with Gasteiger partial charge in [0.2, 0.25) is 11.8 Å². The molecule has 0 saturated carbocycles. The van der Waals surface area contributed by atoms with E-state index in [1.54, 1.807) is 24.3 Å². The Balaban J connectivity index is 2.64. The predicted molar refractivity (Wildman–Crippen MR) is 78.0 cm³/mol. The molecule has 0 saturated heterocycles. The summed E-state index contributed by atoms with van der Waals surface area (Å²) >= 11 is 0. The Morgan fingerprint density at radius 2 is 1.47 bits per heavy atom. The molecule has 1 aromatic carbocycles. The zero-order valence-electron chi connectivity index (χ0n) is 11.8. The van der Waals surface area contributed by atoms with Crippen molar-refractivity contribution in [2.45, 2.75) is 27.7 Å². The Hall–Kier alpha value is -2.10. The van der Waals surface area contributed by atoms with Crippen LogP contribution in [-0.2, 0) is 9.59 Å². The number of carbonyl (C=O) groups is 2. The molecule has 0 spiro atoms. The van der Waals surface area contributed by atoms with E-state index in [2.05, 4.69) is 10.6 Å². The van der Waals surface area contributed by atoms with Crippen molar-refractivity contribution in [3.05, 3.63) is 35.9 Å². The summed E-state index contributed by atoms with van der Waals surface area (Å²) in [4.78, 5) is 23.0. The third-order valence-corrected chi connectivity index (χ3v) is 2.36. The molecule has 0 aliphatic carbocycles. The number of allylic oxidation sites excluding steroid dienone is 1. The molecule has 1 rings (SSSR count). The lowest BCUT2D eigenvalue weighted by molar-refractivity contribution is -0.119. The number of anilines is 2. The highest BCUT2D eigenvalue weighted by atomic mass is 16.2. The van der Waals surface area contributed by atoms with E-state index in [-0.39, 0.29) is 17.7 Å². The Bertz CT molecular complexity index is 483. The van der Waals surface area contributed by atoms with Crippen LogP contribution < -0.4 is 10.6 Å². The minimum Gasteiger partial charge on any atom is -0.326 e. The summed E-state index contributed by atoms with van der Waals surface area (Å²) in [6, 6.07) is 7.04. The van der Waals surface area contributed by atoms with Crippen molar-refractivity contribution < 1.29 is 9.59 Å². The first-order valence-electron chi connectivity index (χ1n) is 6.25. The number of amides is 2. The maximum atomic E-state index is 11.5. The van der Waals surface area contributed by atoms with Gasteiger partial charge in [0.15, 0.2) is 0 Å². The van der Waals surface area contributed by atoms with Crippen LogP contribution in [0.15, 0.2) is 35.9 Å². The van der Waals surface area contributed by atoms with Crippen LogP contribution in [0.5, 0.6) is 0 Å². The first-order valence-corrected chi connectivity index (χ1v) is 6.25. The molecular formula is C15H20N2O2. The standard InChI is InChI=1S/C15H20N2O2/c1-10(2)9-14(18)16-12-5-7-13(8-6-12)17-15(19)11(3)4/h5-9,11H,1-4H3,(H,16,18)(H,17,19). The lowest BCUT2D eigenvalue weighted by Gasteiger charge is -2.08. The van der Waals surface area contributed by atoms with Crippen molar-refractivity contribution in [3.63, 3.8) is 0 Å². The lowest BCUT2D eigenvalue weighted by Crippen LogP contribution is -2.17. The van der Waals surface area contributed by atoms with Gasteiger partial charge in [-0.3, -0.25) is 9.59 Å². The largest absolute Gasteiger partial charge is 0.326 e. The van der Waals surface area contributed by atoms with Crippen LogP contribution in [0.4, 0.5) is 11.4 Å². The fourth-order valence-corrected chi connectivity index (χ4v) is 1.36. The van der Waals surface area contributed by atoms with Crippen LogP contribution in [0, 0.1) is 5.92 Å². The molecular weight excluding hydrogens is 240 g/mol. The molecule has 0 heterocycles. The van der Waals surface area contributed by atoms with Crippen LogP contribution in [0.2, 0.25) is 0 Å². The van der Waals surface area contributed by atoms with Crippen LogP contribution in [0.1, 0.15) is 27.7 Å². The summed E-state index contributed by atoms with van der Waals surface area (Å²) < 4.78 is 0. The highest BCUT2D eigenvalue weighted by molar-refractivity contribution is 6.00. The van der Waals surface area contributed by atoms with Crippen molar-refractivity contribution in [2.24, 2.45) is 5.92 Å². The van der Waals surface area contributed by atoms with Crippen molar-refractivity contribution in [2.75, 3.05) is 10.6 Å². The third-order valence-electron chi connectivity index (χ3n) is 2.36. The zero-order chi connectivity index (χ0) is 14.4. The van der Waals surface area contributed by atoms with Crippen molar-refractivity contribution in [3.8, 4) is 0 Å². The maximum Gasteiger partial charge on any atom is 0.248 e. The van der Waals surface area contributed by atoms with E-state index in [0.29, 0.717) is 5.69 Å². The molecule has 2 N–H and O–H groups in total. The van der Waals surface area contributed by atoms with E-state index in [1.807, 2.05) is 27.7 Å². The van der Waals surface area contributed by atoms with E-state index in [1.165, 1.54) is 6.08 Å². The van der Waals surface area contributed by atoms with Crippen molar-refractivity contribution >= 4 is 23.2 Å². The Labute approximate surface area is 113 Å². The average molecular weight is 260 g/mol. The van der Waals surface area contributed by atoms with Gasteiger partial charge in [0, 0.05) is 23.4 Å². The number of rotatable bonds is 4. The molecule has 0 aliphatic heterocycles. The van der Waals surface area contributed by atoms with Gasteiger partial charge < -0.3 is 10.6 Å². The van der Waals surface area contributed by atoms with Crippen molar-refractivity contribution in [1.29, 1.82) is 0 Å². The Morgan fingerprint density at radius 3 is 1.89 bits per heavy atom. The van der Waals surface area contributed by atoms with Crippen LogP contribution in [0.3, 0.4) is 0 Å². The normalized spacial score (nSPS) is 9.95. The Morgan fingerprint density at radius 1 is 1.00 bits per heavy atom. The van der Waals surface area contributed by atoms with E-state index in [0.717, 1.165) is 11.3 Å². The molecule has 0 unspecified atom stereocenters. The molecule has 4 nitrogen and oxygen atoms in total. The number of hydrogen-bond acceptors (Lipinski definition) is 2. The first kappa shape index (κ1) is 15.0. The van der Waals surface area contributed by atoms with Gasteiger partial charge in [-0.1, -0.05) is 19.4 Å². The highest BCUT2D eigenvalue weighted by Gasteiger charge is 2.06. The molecule has 0 bridgehead atoms. The van der Waals surface area contributed by atoms with Gasteiger partial charge >= 0.3 is 0 Å². The van der Waals surface area contributed by atoms with Crippen LogP contribution >= 0.6 is 0 Å². The number of carbonyl (C=O) groups excluding carboxylic acids is 2. The van der Waals surface area contributed by atoms with Gasteiger partial charge in [0.1, 0.15) is 0 Å². The SMILES string of the molecule is CC(C)=CC(=O)Nc1ccc(NC(=O)C(C)C)cc1. The minimum atomic E-state index is -0.154. The molecule has 0 aromatic heterocycles. The Kier molecular flexibility index (Phi) is 5.30. The van der Waals surface area contributed by atoms with E-state index < -0.39 is 0 Å². The summed E-state index contributed by atoms with van der Waals surface area (Å²) in [7, 11) is 0. The maximum absolute atomic E-state index is 11.5. The number of nitrogens with one attached hydrogen (secondary N) is 2. The molecule has 19 heavy (non-hydrogen) atoms. The predicted octanol–water partition coefficient (Wildman–Crippen LogP) is 3.19. The summed E-state index contributed by atoms with van der Waals surface area (Å²) in [5, 5.41) is 5.54. The summed E-state index contributed by atoms with van der Waals surface area (Å²) in [6.45, 7) is 7.40. The minimum absolute atomic E-state index is 0.0265. The molecule has 4 heteroatoms. The second-order valence-electron chi connectivity index (χ2n) is 4.93. The molecule has 0 aliphatic rings. The molecule has 1 aromatic rings. The van der Waals surface area contributed by atoms with Crippen LogP contribution in [-0.4, -0.2) is 11.8 Å². The van der Waals surface area contributed by atoms with Gasteiger partial charge in [0.05, 0.1) is 0 Å². The first-order chi connectivity index (χ1) is 8.88. The van der Waals surface area contributed by atoms with Crippen molar-refractivity contribution in [1.82, 2.24) is 0 Å². The highest BCUT2D eigenvalue weighted by Crippen LogP contribution is 2.14. The number of benzene rings is 1. The summed E-state index contributed by atoms with van der Waals surface area (Å²) in [5.41, 5.74) is 2.36. The molecule has 0 fully saturated rings.